The molecule has 86 valence electrons. The fourth-order valence-electron chi connectivity index (χ4n) is 0.941. The molecule has 0 saturated heterocycles. The van der Waals surface area contributed by atoms with E-state index in [2.05, 4.69) is 14.7 Å². The summed E-state index contributed by atoms with van der Waals surface area (Å²) in [4.78, 5) is 13.7. The van der Waals surface area contributed by atoms with Gasteiger partial charge in [-0.15, -0.1) is 0 Å². The lowest BCUT2D eigenvalue weighted by molar-refractivity contribution is -0.343. The lowest BCUT2D eigenvalue weighted by Gasteiger charge is -2.23. The van der Waals surface area contributed by atoms with E-state index in [9.17, 15) is 0 Å². The number of unbranched alkanes of at least 4 members (excludes halogenated alkanes) is 1. The van der Waals surface area contributed by atoms with E-state index in [4.69, 9.17) is 13.7 Å². The second-order valence-electron chi connectivity index (χ2n) is 2.54. The largest absolute Gasteiger partial charge is 0.584 e. The third kappa shape index (κ3) is 5.01. The van der Waals surface area contributed by atoms with Gasteiger partial charge in [0.05, 0.1) is 21.3 Å². The molecule has 0 atom stereocenters. The van der Waals surface area contributed by atoms with Gasteiger partial charge in [0.15, 0.2) is 0 Å². The second-order valence-corrected chi connectivity index (χ2v) is 4.90. The van der Waals surface area contributed by atoms with Crippen molar-refractivity contribution in [1.29, 1.82) is 0 Å². The highest BCUT2D eigenvalue weighted by Gasteiger charge is 2.45. The summed E-state index contributed by atoms with van der Waals surface area (Å²) in [6.45, 7) is 2.05. The third-order valence-corrected chi connectivity index (χ3v) is 3.70. The fourth-order valence-corrected chi connectivity index (χ4v) is 2.82. The molecular formula is C7H18O6Si. The molecular weight excluding hydrogens is 208 g/mol. The number of rotatable bonds is 9. The smallest absolute Gasteiger partial charge is 0.246 e. The molecule has 0 aliphatic rings. The van der Waals surface area contributed by atoms with E-state index in [0.29, 0.717) is 6.04 Å². The fraction of sp³-hybridized carbons (Fsp3) is 1.00. The van der Waals surface area contributed by atoms with Gasteiger partial charge in [-0.1, -0.05) is 13.3 Å². The van der Waals surface area contributed by atoms with E-state index in [0.717, 1.165) is 12.8 Å². The van der Waals surface area contributed by atoms with Gasteiger partial charge in [0.1, 0.15) is 0 Å². The van der Waals surface area contributed by atoms with Crippen LogP contribution in [0.3, 0.4) is 0 Å². The molecule has 7 heteroatoms. The van der Waals surface area contributed by atoms with E-state index in [1.54, 1.807) is 0 Å². The standard InChI is InChI=1S/C7H18O6Si/c1-5-6-7-14(11-8-2,12-9-3)13-10-4/h5-7H2,1-4H3. The maximum Gasteiger partial charge on any atom is 0.584 e. The lowest BCUT2D eigenvalue weighted by Crippen LogP contribution is -2.45. The minimum Gasteiger partial charge on any atom is -0.246 e. The van der Waals surface area contributed by atoms with Crippen LogP contribution >= 0.6 is 0 Å². The first kappa shape index (κ1) is 14.0. The van der Waals surface area contributed by atoms with Gasteiger partial charge in [0.25, 0.3) is 0 Å². The Hall–Kier alpha value is -0.0231. The van der Waals surface area contributed by atoms with Crippen LogP contribution in [0.4, 0.5) is 0 Å². The quantitative estimate of drug-likeness (QED) is 0.337. The van der Waals surface area contributed by atoms with Crippen LogP contribution in [0.1, 0.15) is 19.8 Å². The highest BCUT2D eigenvalue weighted by atomic mass is 28.4. The molecule has 0 fully saturated rings. The zero-order valence-corrected chi connectivity index (χ0v) is 10.1. The predicted molar refractivity (Wildman–Crippen MR) is 49.8 cm³/mol. The van der Waals surface area contributed by atoms with Gasteiger partial charge in [-0.25, -0.2) is 28.4 Å². The highest BCUT2D eigenvalue weighted by molar-refractivity contribution is 6.59. The van der Waals surface area contributed by atoms with Crippen molar-refractivity contribution in [2.75, 3.05) is 21.3 Å². The zero-order chi connectivity index (χ0) is 10.9. The average Bonchev–Trinajstić information content (AvgIpc) is 2.16. The van der Waals surface area contributed by atoms with Gasteiger partial charge in [0.2, 0.25) is 0 Å². The van der Waals surface area contributed by atoms with Crippen LogP contribution < -0.4 is 0 Å². The van der Waals surface area contributed by atoms with Crippen molar-refractivity contribution in [3.05, 3.63) is 0 Å². The minimum atomic E-state index is -2.98. The Morgan fingerprint density at radius 3 is 1.57 bits per heavy atom. The summed E-state index contributed by atoms with van der Waals surface area (Å²) in [5.74, 6) is 0. The summed E-state index contributed by atoms with van der Waals surface area (Å²) in [7, 11) is 1.16. The van der Waals surface area contributed by atoms with Crippen molar-refractivity contribution >= 4 is 8.80 Å². The summed E-state index contributed by atoms with van der Waals surface area (Å²) in [5, 5.41) is 0. The Labute approximate surface area is 85.1 Å². The van der Waals surface area contributed by atoms with Gasteiger partial charge in [0, 0.05) is 6.04 Å². The maximum atomic E-state index is 4.96. The Bertz CT molecular complexity index is 116. The lowest BCUT2D eigenvalue weighted by atomic mass is 10.4. The summed E-state index contributed by atoms with van der Waals surface area (Å²) in [6, 6.07) is 0.568. The molecule has 0 aromatic rings. The Kier molecular flexibility index (Phi) is 8.29. The first-order valence-electron chi connectivity index (χ1n) is 4.40. The SMILES string of the molecule is CCCC[Si](OOC)(OOC)OOC. The molecule has 0 aliphatic heterocycles. The van der Waals surface area contributed by atoms with Crippen LogP contribution in [0.25, 0.3) is 0 Å². The van der Waals surface area contributed by atoms with E-state index in [1.165, 1.54) is 21.3 Å². The summed E-state index contributed by atoms with van der Waals surface area (Å²) in [6.07, 6.45) is 1.87. The molecule has 0 aromatic heterocycles. The van der Waals surface area contributed by atoms with Crippen LogP contribution in [0.15, 0.2) is 0 Å². The Morgan fingerprint density at radius 2 is 1.29 bits per heavy atom. The van der Waals surface area contributed by atoms with Gasteiger partial charge < -0.3 is 0 Å². The first-order chi connectivity index (χ1) is 6.74. The molecule has 0 N–H and O–H groups in total. The molecule has 0 aromatic carbocycles. The van der Waals surface area contributed by atoms with E-state index in [-0.39, 0.29) is 0 Å². The van der Waals surface area contributed by atoms with Crippen molar-refractivity contribution in [1.82, 2.24) is 0 Å². The molecule has 0 heterocycles. The average molecular weight is 226 g/mol. The summed E-state index contributed by atoms with van der Waals surface area (Å²) in [5.41, 5.74) is 0. The topological polar surface area (TPSA) is 55.4 Å². The molecule has 0 radical (unpaired) electrons. The van der Waals surface area contributed by atoms with Gasteiger partial charge >= 0.3 is 8.80 Å². The second kappa shape index (κ2) is 8.30. The molecule has 0 saturated carbocycles. The van der Waals surface area contributed by atoms with Crippen molar-refractivity contribution in [2.24, 2.45) is 0 Å². The summed E-state index contributed by atoms with van der Waals surface area (Å²) < 4.78 is 14.9. The molecule has 0 rings (SSSR count). The van der Waals surface area contributed by atoms with Gasteiger partial charge in [-0.05, 0) is 6.42 Å². The molecule has 6 nitrogen and oxygen atoms in total. The van der Waals surface area contributed by atoms with Gasteiger partial charge in [-0.2, -0.15) is 0 Å². The molecule has 0 amide bonds. The van der Waals surface area contributed by atoms with Crippen molar-refractivity contribution in [3.63, 3.8) is 0 Å². The molecule has 0 bridgehead atoms. The third-order valence-electron chi connectivity index (χ3n) is 1.47. The number of hydrogen-bond donors (Lipinski definition) is 0. The van der Waals surface area contributed by atoms with Crippen molar-refractivity contribution in [2.45, 2.75) is 25.8 Å². The first-order valence-corrected chi connectivity index (χ1v) is 6.33. The highest BCUT2D eigenvalue weighted by Crippen LogP contribution is 2.19. The molecule has 0 unspecified atom stereocenters. The predicted octanol–water partition coefficient (Wildman–Crippen LogP) is 1.46. The van der Waals surface area contributed by atoms with Crippen LogP contribution in [0.5, 0.6) is 0 Å². The van der Waals surface area contributed by atoms with Crippen LogP contribution in [0.2, 0.25) is 6.04 Å². The van der Waals surface area contributed by atoms with Gasteiger partial charge in [-0.3, -0.25) is 0 Å². The Morgan fingerprint density at radius 1 is 0.857 bits per heavy atom. The van der Waals surface area contributed by atoms with Crippen LogP contribution in [0, 0.1) is 0 Å². The van der Waals surface area contributed by atoms with Crippen LogP contribution in [-0.4, -0.2) is 30.1 Å². The van der Waals surface area contributed by atoms with Crippen LogP contribution in [-0.2, 0) is 28.4 Å². The Balaban J connectivity index is 4.21. The van der Waals surface area contributed by atoms with Crippen molar-refractivity contribution < 1.29 is 28.4 Å². The molecule has 0 spiro atoms. The van der Waals surface area contributed by atoms with E-state index in [1.807, 2.05) is 6.92 Å². The zero-order valence-electron chi connectivity index (χ0n) is 9.07. The number of hydrogen-bond acceptors (Lipinski definition) is 6. The summed E-state index contributed by atoms with van der Waals surface area (Å²) >= 11 is 0. The maximum absolute atomic E-state index is 4.96. The van der Waals surface area contributed by atoms with E-state index < -0.39 is 8.80 Å². The van der Waals surface area contributed by atoms with Crippen molar-refractivity contribution in [3.8, 4) is 0 Å². The normalized spacial score (nSPS) is 12.0. The minimum absolute atomic E-state index is 0.568. The molecule has 14 heavy (non-hydrogen) atoms. The van der Waals surface area contributed by atoms with E-state index >= 15 is 0 Å². The monoisotopic (exact) mass is 226 g/mol. The molecule has 0 aliphatic carbocycles.